The standard InChI is InChI=1S/C17H25N5O2S/c1-13-11-15(20-19-13)17-16(14-7-5-4-6-8-14)18-12-22(17)10-9-21(2)25(3,23)24/h4-8,12-13,15,19-20H,9-11H2,1-3H3. The van der Waals surface area contributed by atoms with Crippen molar-refractivity contribution >= 4 is 10.0 Å². The second kappa shape index (κ2) is 7.25. The number of nitrogens with zero attached hydrogens (tertiary/aromatic N) is 3. The van der Waals surface area contributed by atoms with Gasteiger partial charge < -0.3 is 4.57 Å². The first-order valence-electron chi connectivity index (χ1n) is 8.39. The number of hydrogen-bond acceptors (Lipinski definition) is 5. The van der Waals surface area contributed by atoms with Gasteiger partial charge in [0.2, 0.25) is 10.0 Å². The SMILES string of the molecule is CC1CC(c2c(-c3ccccc3)ncn2CCN(C)S(C)(=O)=O)NN1. The smallest absolute Gasteiger partial charge is 0.211 e. The second-order valence-corrected chi connectivity index (χ2v) is 8.69. The maximum absolute atomic E-state index is 11.6. The molecule has 1 aromatic carbocycles. The summed E-state index contributed by atoms with van der Waals surface area (Å²) in [6.45, 7) is 3.10. The largest absolute Gasteiger partial charge is 0.331 e. The van der Waals surface area contributed by atoms with Gasteiger partial charge in [-0.3, -0.25) is 5.43 Å². The van der Waals surface area contributed by atoms with E-state index in [0.717, 1.165) is 23.4 Å². The van der Waals surface area contributed by atoms with Gasteiger partial charge in [-0.2, -0.15) is 0 Å². The molecule has 1 saturated heterocycles. The topological polar surface area (TPSA) is 79.3 Å². The molecule has 8 heteroatoms. The molecule has 25 heavy (non-hydrogen) atoms. The van der Waals surface area contributed by atoms with E-state index in [9.17, 15) is 8.42 Å². The zero-order valence-electron chi connectivity index (χ0n) is 14.8. The van der Waals surface area contributed by atoms with Gasteiger partial charge in [0, 0.05) is 31.7 Å². The number of nitrogens with one attached hydrogen (secondary N) is 2. The molecule has 0 spiro atoms. The quantitative estimate of drug-likeness (QED) is 0.810. The van der Waals surface area contributed by atoms with E-state index in [1.807, 2.05) is 30.3 Å². The molecule has 0 saturated carbocycles. The summed E-state index contributed by atoms with van der Waals surface area (Å²) in [5, 5.41) is 0. The Bertz CT molecular complexity index is 819. The van der Waals surface area contributed by atoms with Gasteiger partial charge in [0.25, 0.3) is 0 Å². The van der Waals surface area contributed by atoms with Crippen LogP contribution in [0.2, 0.25) is 0 Å². The van der Waals surface area contributed by atoms with Crippen LogP contribution in [0.25, 0.3) is 11.3 Å². The van der Waals surface area contributed by atoms with Crippen molar-refractivity contribution in [2.75, 3.05) is 19.8 Å². The zero-order chi connectivity index (χ0) is 18.0. The van der Waals surface area contributed by atoms with Gasteiger partial charge in [-0.1, -0.05) is 30.3 Å². The molecule has 2 heterocycles. The highest BCUT2D eigenvalue weighted by Crippen LogP contribution is 2.31. The fourth-order valence-corrected chi connectivity index (χ4v) is 3.48. The van der Waals surface area contributed by atoms with Crippen LogP contribution in [0, 0.1) is 0 Å². The molecule has 2 N–H and O–H groups in total. The number of sulfonamides is 1. The summed E-state index contributed by atoms with van der Waals surface area (Å²) >= 11 is 0. The zero-order valence-corrected chi connectivity index (χ0v) is 15.6. The first-order chi connectivity index (χ1) is 11.9. The maximum Gasteiger partial charge on any atom is 0.211 e. The van der Waals surface area contributed by atoms with E-state index in [0.29, 0.717) is 19.1 Å². The maximum atomic E-state index is 11.6. The molecule has 136 valence electrons. The van der Waals surface area contributed by atoms with E-state index in [-0.39, 0.29) is 6.04 Å². The Kier molecular flexibility index (Phi) is 5.24. The van der Waals surface area contributed by atoms with Gasteiger partial charge in [0.1, 0.15) is 0 Å². The molecular weight excluding hydrogens is 338 g/mol. The molecule has 2 atom stereocenters. The Hall–Kier alpha value is -1.74. The van der Waals surface area contributed by atoms with Crippen LogP contribution in [0.3, 0.4) is 0 Å². The highest BCUT2D eigenvalue weighted by molar-refractivity contribution is 7.88. The van der Waals surface area contributed by atoms with Crippen molar-refractivity contribution < 1.29 is 8.42 Å². The molecule has 2 unspecified atom stereocenters. The van der Waals surface area contributed by atoms with E-state index in [2.05, 4.69) is 27.3 Å². The van der Waals surface area contributed by atoms with Crippen LogP contribution in [0.5, 0.6) is 0 Å². The van der Waals surface area contributed by atoms with Crippen LogP contribution in [-0.2, 0) is 16.6 Å². The fourth-order valence-electron chi connectivity index (χ4n) is 3.06. The lowest BCUT2D eigenvalue weighted by Gasteiger charge is -2.19. The van der Waals surface area contributed by atoms with Gasteiger partial charge >= 0.3 is 0 Å². The molecule has 0 amide bonds. The summed E-state index contributed by atoms with van der Waals surface area (Å²) in [6.07, 6.45) is 3.98. The number of aromatic nitrogens is 2. The van der Waals surface area contributed by atoms with Gasteiger partial charge in [-0.25, -0.2) is 23.1 Å². The van der Waals surface area contributed by atoms with Crippen molar-refractivity contribution in [3.8, 4) is 11.3 Å². The third-order valence-corrected chi connectivity index (χ3v) is 5.89. The van der Waals surface area contributed by atoms with Crippen LogP contribution < -0.4 is 10.9 Å². The average Bonchev–Trinajstić information content (AvgIpc) is 3.18. The third kappa shape index (κ3) is 4.09. The Labute approximate surface area is 149 Å². The Morgan fingerprint density at radius 2 is 2.00 bits per heavy atom. The molecule has 0 radical (unpaired) electrons. The monoisotopic (exact) mass is 363 g/mol. The van der Waals surface area contributed by atoms with Crippen molar-refractivity contribution in [3.05, 3.63) is 42.4 Å². The molecule has 7 nitrogen and oxygen atoms in total. The molecule has 2 aromatic rings. The highest BCUT2D eigenvalue weighted by Gasteiger charge is 2.28. The molecule has 1 aliphatic heterocycles. The van der Waals surface area contributed by atoms with Crippen LogP contribution in [-0.4, -0.2) is 48.2 Å². The number of rotatable bonds is 6. The van der Waals surface area contributed by atoms with Crippen LogP contribution in [0.4, 0.5) is 0 Å². The highest BCUT2D eigenvalue weighted by atomic mass is 32.2. The minimum Gasteiger partial charge on any atom is -0.331 e. The molecule has 0 aliphatic carbocycles. The predicted molar refractivity (Wildman–Crippen MR) is 98.2 cm³/mol. The minimum absolute atomic E-state index is 0.135. The van der Waals surface area contributed by atoms with E-state index in [1.54, 1.807) is 13.4 Å². The second-order valence-electron chi connectivity index (χ2n) is 6.60. The molecule has 0 bridgehead atoms. The summed E-state index contributed by atoms with van der Waals surface area (Å²) in [7, 11) is -1.59. The lowest BCUT2D eigenvalue weighted by molar-refractivity contribution is 0.438. The number of likely N-dealkylation sites (N-methyl/N-ethyl adjacent to an activating group) is 1. The summed E-state index contributed by atoms with van der Waals surface area (Å²) in [4.78, 5) is 4.62. The predicted octanol–water partition coefficient (Wildman–Crippen LogP) is 1.37. The Balaban J connectivity index is 1.91. The van der Waals surface area contributed by atoms with E-state index >= 15 is 0 Å². The number of imidazole rings is 1. The van der Waals surface area contributed by atoms with Crippen molar-refractivity contribution in [1.29, 1.82) is 0 Å². The van der Waals surface area contributed by atoms with E-state index < -0.39 is 10.0 Å². The van der Waals surface area contributed by atoms with Crippen LogP contribution in [0.15, 0.2) is 36.7 Å². The third-order valence-electron chi connectivity index (χ3n) is 4.57. The number of hydrazine groups is 1. The van der Waals surface area contributed by atoms with Crippen molar-refractivity contribution in [2.24, 2.45) is 0 Å². The fraction of sp³-hybridized carbons (Fsp3) is 0.471. The Morgan fingerprint density at radius 1 is 1.28 bits per heavy atom. The summed E-state index contributed by atoms with van der Waals surface area (Å²) in [5.41, 5.74) is 9.68. The van der Waals surface area contributed by atoms with Crippen LogP contribution >= 0.6 is 0 Å². The van der Waals surface area contributed by atoms with Crippen LogP contribution in [0.1, 0.15) is 25.1 Å². The molecular formula is C17H25N5O2S. The minimum atomic E-state index is -3.19. The lowest BCUT2D eigenvalue weighted by atomic mass is 10.0. The molecule has 1 aliphatic rings. The van der Waals surface area contributed by atoms with E-state index in [4.69, 9.17) is 0 Å². The normalized spacial score (nSPS) is 21.1. The molecule has 3 rings (SSSR count). The average molecular weight is 363 g/mol. The van der Waals surface area contributed by atoms with Gasteiger partial charge in [0.05, 0.1) is 30.0 Å². The molecule has 1 fully saturated rings. The van der Waals surface area contributed by atoms with Gasteiger partial charge in [0.15, 0.2) is 0 Å². The Morgan fingerprint density at radius 3 is 2.60 bits per heavy atom. The van der Waals surface area contributed by atoms with Gasteiger partial charge in [-0.15, -0.1) is 0 Å². The van der Waals surface area contributed by atoms with Crippen molar-refractivity contribution in [1.82, 2.24) is 24.7 Å². The molecule has 1 aromatic heterocycles. The summed E-state index contributed by atoms with van der Waals surface area (Å²) in [5.74, 6) is 0. The van der Waals surface area contributed by atoms with Gasteiger partial charge in [-0.05, 0) is 13.3 Å². The summed E-state index contributed by atoms with van der Waals surface area (Å²) in [6, 6.07) is 10.6. The number of hydrogen-bond donors (Lipinski definition) is 2. The summed E-state index contributed by atoms with van der Waals surface area (Å²) < 4.78 is 26.7. The first-order valence-corrected chi connectivity index (χ1v) is 10.2. The van der Waals surface area contributed by atoms with E-state index in [1.165, 1.54) is 10.6 Å². The first kappa shape index (κ1) is 18.1. The van der Waals surface area contributed by atoms with Crippen molar-refractivity contribution in [2.45, 2.75) is 32.0 Å². The number of benzene rings is 1. The van der Waals surface area contributed by atoms with Crippen molar-refractivity contribution in [3.63, 3.8) is 0 Å². The lowest BCUT2D eigenvalue weighted by Crippen LogP contribution is -2.31.